The first-order valence-corrected chi connectivity index (χ1v) is 8.00. The smallest absolute Gasteiger partial charge is 0.109 e. The Labute approximate surface area is 128 Å². The van der Waals surface area contributed by atoms with Crippen LogP contribution in [0.15, 0.2) is 18.6 Å². The standard InChI is InChI=1S/C17H28N4/c1-6-21-15(12-19-17(21)9-13(2)3)10-14(4)11-16-18-7-8-20(16)5/h7-8,12-14H,6,9-11H2,1-5H3. The summed E-state index contributed by atoms with van der Waals surface area (Å²) in [7, 11) is 2.06. The third kappa shape index (κ3) is 3.96. The molecule has 2 rings (SSSR count). The second kappa shape index (κ2) is 6.92. The highest BCUT2D eigenvalue weighted by Gasteiger charge is 2.14. The number of aromatic nitrogens is 4. The van der Waals surface area contributed by atoms with Crippen LogP contribution in [0.1, 0.15) is 45.0 Å². The third-order valence-electron chi connectivity index (χ3n) is 3.94. The molecule has 2 heterocycles. The molecule has 0 saturated heterocycles. The van der Waals surface area contributed by atoms with Crippen LogP contribution in [0, 0.1) is 11.8 Å². The molecule has 21 heavy (non-hydrogen) atoms. The van der Waals surface area contributed by atoms with E-state index in [1.807, 2.05) is 12.4 Å². The van der Waals surface area contributed by atoms with Crippen molar-refractivity contribution in [3.63, 3.8) is 0 Å². The summed E-state index contributed by atoms with van der Waals surface area (Å²) in [5.74, 6) is 3.61. The van der Waals surface area contributed by atoms with Crippen LogP contribution < -0.4 is 0 Å². The number of hydrogen-bond acceptors (Lipinski definition) is 2. The van der Waals surface area contributed by atoms with Crippen LogP contribution in [0.25, 0.3) is 0 Å². The van der Waals surface area contributed by atoms with E-state index in [2.05, 4.69) is 60.0 Å². The topological polar surface area (TPSA) is 35.6 Å². The summed E-state index contributed by atoms with van der Waals surface area (Å²) in [6, 6.07) is 0. The zero-order valence-corrected chi connectivity index (χ0v) is 14.0. The van der Waals surface area contributed by atoms with E-state index in [1.165, 1.54) is 11.5 Å². The van der Waals surface area contributed by atoms with Crippen molar-refractivity contribution in [1.29, 1.82) is 0 Å². The van der Waals surface area contributed by atoms with Crippen LogP contribution in [-0.4, -0.2) is 19.1 Å². The largest absolute Gasteiger partial charge is 0.338 e. The van der Waals surface area contributed by atoms with Gasteiger partial charge in [-0.25, -0.2) is 9.97 Å². The lowest BCUT2D eigenvalue weighted by atomic mass is 10.0. The lowest BCUT2D eigenvalue weighted by Crippen LogP contribution is -2.13. The predicted octanol–water partition coefficient (Wildman–Crippen LogP) is 3.26. The Kier molecular flexibility index (Phi) is 5.21. The van der Waals surface area contributed by atoms with E-state index in [0.29, 0.717) is 11.8 Å². The maximum Gasteiger partial charge on any atom is 0.109 e. The first kappa shape index (κ1) is 15.8. The number of aryl methyl sites for hydroxylation is 1. The molecule has 0 aliphatic carbocycles. The minimum atomic E-state index is 0.569. The molecular formula is C17H28N4. The van der Waals surface area contributed by atoms with Gasteiger partial charge in [0, 0.05) is 50.7 Å². The van der Waals surface area contributed by atoms with Gasteiger partial charge < -0.3 is 9.13 Å². The van der Waals surface area contributed by atoms with Crippen molar-refractivity contribution in [2.75, 3.05) is 0 Å². The highest BCUT2D eigenvalue weighted by Crippen LogP contribution is 2.16. The van der Waals surface area contributed by atoms with Gasteiger partial charge in [0.05, 0.1) is 0 Å². The van der Waals surface area contributed by atoms with Crippen molar-refractivity contribution >= 4 is 0 Å². The lowest BCUT2D eigenvalue weighted by molar-refractivity contribution is 0.514. The molecule has 116 valence electrons. The Morgan fingerprint density at radius 1 is 1.05 bits per heavy atom. The molecule has 2 aromatic rings. The molecular weight excluding hydrogens is 260 g/mol. The van der Waals surface area contributed by atoms with Crippen molar-refractivity contribution in [1.82, 2.24) is 19.1 Å². The summed E-state index contributed by atoms with van der Waals surface area (Å²) in [4.78, 5) is 9.06. The molecule has 0 N–H and O–H groups in total. The van der Waals surface area contributed by atoms with Crippen molar-refractivity contribution < 1.29 is 0 Å². The quantitative estimate of drug-likeness (QED) is 0.784. The molecule has 2 aromatic heterocycles. The number of imidazole rings is 2. The fraction of sp³-hybridized carbons (Fsp3) is 0.647. The van der Waals surface area contributed by atoms with Gasteiger partial charge in [0.25, 0.3) is 0 Å². The molecule has 0 saturated carbocycles. The summed E-state index contributed by atoms with van der Waals surface area (Å²) in [6.45, 7) is 10.0. The zero-order chi connectivity index (χ0) is 15.4. The Morgan fingerprint density at radius 2 is 1.81 bits per heavy atom. The van der Waals surface area contributed by atoms with E-state index in [-0.39, 0.29) is 0 Å². The molecule has 0 spiro atoms. The molecule has 0 radical (unpaired) electrons. The van der Waals surface area contributed by atoms with Crippen LogP contribution in [0.5, 0.6) is 0 Å². The van der Waals surface area contributed by atoms with Gasteiger partial charge in [-0.05, 0) is 25.2 Å². The summed E-state index contributed by atoms with van der Waals surface area (Å²) >= 11 is 0. The zero-order valence-electron chi connectivity index (χ0n) is 14.0. The first-order valence-electron chi connectivity index (χ1n) is 8.00. The maximum absolute atomic E-state index is 4.64. The molecule has 0 bridgehead atoms. The SMILES string of the molecule is CCn1c(CC(C)Cc2nccn2C)cnc1CC(C)C. The Morgan fingerprint density at radius 3 is 2.38 bits per heavy atom. The minimum Gasteiger partial charge on any atom is -0.338 e. The van der Waals surface area contributed by atoms with Gasteiger partial charge in [-0.2, -0.15) is 0 Å². The molecule has 1 atom stereocenters. The monoisotopic (exact) mass is 288 g/mol. The molecule has 0 aliphatic heterocycles. The van der Waals surface area contributed by atoms with E-state index < -0.39 is 0 Å². The van der Waals surface area contributed by atoms with Crippen LogP contribution in [0.3, 0.4) is 0 Å². The van der Waals surface area contributed by atoms with E-state index >= 15 is 0 Å². The highest BCUT2D eigenvalue weighted by atomic mass is 15.1. The fourth-order valence-electron chi connectivity index (χ4n) is 2.86. The van der Waals surface area contributed by atoms with Crippen molar-refractivity contribution in [3.8, 4) is 0 Å². The van der Waals surface area contributed by atoms with Gasteiger partial charge >= 0.3 is 0 Å². The number of rotatable bonds is 7. The summed E-state index contributed by atoms with van der Waals surface area (Å²) < 4.78 is 4.49. The molecule has 4 nitrogen and oxygen atoms in total. The number of hydrogen-bond donors (Lipinski definition) is 0. The summed E-state index contributed by atoms with van der Waals surface area (Å²) in [5, 5.41) is 0. The summed E-state index contributed by atoms with van der Waals surface area (Å²) in [5.41, 5.74) is 1.36. The molecule has 0 fully saturated rings. The first-order chi connectivity index (χ1) is 10.0. The fourth-order valence-corrected chi connectivity index (χ4v) is 2.86. The Balaban J connectivity index is 2.05. The molecule has 0 amide bonds. The van der Waals surface area contributed by atoms with Crippen molar-refractivity contribution in [2.24, 2.45) is 18.9 Å². The number of nitrogens with zero attached hydrogens (tertiary/aromatic N) is 4. The lowest BCUT2D eigenvalue weighted by Gasteiger charge is -2.14. The molecule has 1 unspecified atom stereocenters. The van der Waals surface area contributed by atoms with Crippen molar-refractivity contribution in [2.45, 2.75) is 53.5 Å². The van der Waals surface area contributed by atoms with Crippen LogP contribution in [-0.2, 0) is 32.9 Å². The average Bonchev–Trinajstić information content (AvgIpc) is 2.96. The van der Waals surface area contributed by atoms with E-state index in [0.717, 1.165) is 31.6 Å². The second-order valence-corrected chi connectivity index (χ2v) is 6.48. The third-order valence-corrected chi connectivity index (χ3v) is 3.94. The second-order valence-electron chi connectivity index (χ2n) is 6.48. The predicted molar refractivity (Wildman–Crippen MR) is 86.2 cm³/mol. The van der Waals surface area contributed by atoms with Crippen LogP contribution >= 0.6 is 0 Å². The van der Waals surface area contributed by atoms with Gasteiger partial charge in [0.1, 0.15) is 11.6 Å². The van der Waals surface area contributed by atoms with Gasteiger partial charge in [-0.15, -0.1) is 0 Å². The van der Waals surface area contributed by atoms with E-state index in [4.69, 9.17) is 0 Å². The van der Waals surface area contributed by atoms with Crippen LogP contribution in [0.4, 0.5) is 0 Å². The normalized spacial score (nSPS) is 13.0. The van der Waals surface area contributed by atoms with E-state index in [1.54, 1.807) is 0 Å². The Bertz CT molecular complexity index is 565. The van der Waals surface area contributed by atoms with Gasteiger partial charge in [0.2, 0.25) is 0 Å². The average molecular weight is 288 g/mol. The molecule has 0 aromatic carbocycles. The maximum atomic E-state index is 4.64. The summed E-state index contributed by atoms with van der Waals surface area (Å²) in [6.07, 6.45) is 9.08. The molecule has 0 aliphatic rings. The van der Waals surface area contributed by atoms with Crippen LogP contribution in [0.2, 0.25) is 0 Å². The van der Waals surface area contributed by atoms with Gasteiger partial charge in [0.15, 0.2) is 0 Å². The van der Waals surface area contributed by atoms with Gasteiger partial charge in [-0.3, -0.25) is 0 Å². The van der Waals surface area contributed by atoms with E-state index in [9.17, 15) is 0 Å². The van der Waals surface area contributed by atoms with Gasteiger partial charge in [-0.1, -0.05) is 20.8 Å². The van der Waals surface area contributed by atoms with Crippen molar-refractivity contribution in [3.05, 3.63) is 35.9 Å². The highest BCUT2D eigenvalue weighted by molar-refractivity contribution is 5.08. The molecule has 4 heteroatoms. The Hall–Kier alpha value is -1.58. The minimum absolute atomic E-state index is 0.569.